The highest BCUT2D eigenvalue weighted by Gasteiger charge is 2.19. The van der Waals surface area contributed by atoms with Gasteiger partial charge in [-0.1, -0.05) is 6.07 Å². The fourth-order valence-electron chi connectivity index (χ4n) is 1.86. The lowest BCUT2D eigenvalue weighted by atomic mass is 10.2. The summed E-state index contributed by atoms with van der Waals surface area (Å²) in [5.41, 5.74) is 0.286. The molecular weight excluding hydrogens is 339 g/mol. The first-order valence-electron chi connectivity index (χ1n) is 7.17. The first-order valence-corrected chi connectivity index (χ1v) is 7.17. The smallest absolute Gasteiger partial charge is 0.387 e. The number of nitrogens with one attached hydrogen (secondary N) is 1. The van der Waals surface area contributed by atoms with E-state index in [1.165, 1.54) is 49.4 Å². The van der Waals surface area contributed by atoms with Crippen molar-refractivity contribution < 1.29 is 32.2 Å². The molecule has 0 aliphatic carbocycles. The number of hydrogen-bond acceptors (Lipinski definition) is 4. The summed E-state index contributed by atoms with van der Waals surface area (Å²) < 4.78 is 46.3. The Morgan fingerprint density at radius 3 is 2.36 bits per heavy atom. The molecule has 0 bridgehead atoms. The highest BCUT2D eigenvalue weighted by atomic mass is 19.3. The van der Waals surface area contributed by atoms with Gasteiger partial charge in [0.25, 0.3) is 5.91 Å². The van der Waals surface area contributed by atoms with E-state index in [4.69, 9.17) is 4.74 Å². The van der Waals surface area contributed by atoms with Crippen LogP contribution in [0.1, 0.15) is 17.3 Å². The summed E-state index contributed by atoms with van der Waals surface area (Å²) in [5.74, 6) is -2.08. The standard InChI is InChI=1S/C17H14F3NO4/c1-10(15(22)21-13-4-2-3-12(18)9-13)24-16(23)11-5-7-14(8-6-11)25-17(19)20/h2-10,17H,1H3,(H,21,22)/t10-/m1/s1. The van der Waals surface area contributed by atoms with Crippen molar-refractivity contribution >= 4 is 17.6 Å². The monoisotopic (exact) mass is 353 g/mol. The topological polar surface area (TPSA) is 64.6 Å². The van der Waals surface area contributed by atoms with Gasteiger partial charge in [0.05, 0.1) is 5.56 Å². The molecule has 0 saturated heterocycles. The summed E-state index contributed by atoms with van der Waals surface area (Å²) >= 11 is 0. The third-order valence-corrected chi connectivity index (χ3v) is 3.06. The summed E-state index contributed by atoms with van der Waals surface area (Å²) in [4.78, 5) is 23.9. The van der Waals surface area contributed by atoms with Crippen LogP contribution in [-0.4, -0.2) is 24.6 Å². The molecule has 0 saturated carbocycles. The van der Waals surface area contributed by atoms with E-state index in [0.717, 1.165) is 6.07 Å². The van der Waals surface area contributed by atoms with E-state index in [0.29, 0.717) is 0 Å². The maximum atomic E-state index is 13.1. The molecule has 25 heavy (non-hydrogen) atoms. The highest BCUT2D eigenvalue weighted by molar-refractivity contribution is 5.97. The molecular formula is C17H14F3NO4. The van der Waals surface area contributed by atoms with Crippen molar-refractivity contribution in [3.63, 3.8) is 0 Å². The van der Waals surface area contributed by atoms with Gasteiger partial charge in [-0.25, -0.2) is 9.18 Å². The Kier molecular flexibility index (Phi) is 5.99. The van der Waals surface area contributed by atoms with Crippen LogP contribution in [0.15, 0.2) is 48.5 Å². The van der Waals surface area contributed by atoms with Gasteiger partial charge in [0.15, 0.2) is 6.10 Å². The van der Waals surface area contributed by atoms with Crippen molar-refractivity contribution in [2.24, 2.45) is 0 Å². The molecule has 0 aliphatic heterocycles. The SMILES string of the molecule is C[C@@H](OC(=O)c1ccc(OC(F)F)cc1)C(=O)Nc1cccc(F)c1. The summed E-state index contributed by atoms with van der Waals surface area (Å²) in [6, 6.07) is 10.1. The maximum absolute atomic E-state index is 13.1. The molecule has 0 fully saturated rings. The molecule has 0 aromatic heterocycles. The molecule has 132 valence electrons. The number of esters is 1. The second kappa shape index (κ2) is 8.18. The molecule has 0 radical (unpaired) electrons. The van der Waals surface area contributed by atoms with Gasteiger partial charge >= 0.3 is 12.6 Å². The van der Waals surface area contributed by atoms with Gasteiger partial charge in [-0.2, -0.15) is 8.78 Å². The number of amides is 1. The van der Waals surface area contributed by atoms with Crippen LogP contribution in [0, 0.1) is 5.82 Å². The molecule has 2 aromatic rings. The molecule has 1 amide bonds. The van der Waals surface area contributed by atoms with Gasteiger partial charge in [-0.3, -0.25) is 4.79 Å². The van der Waals surface area contributed by atoms with E-state index < -0.39 is 30.4 Å². The lowest BCUT2D eigenvalue weighted by molar-refractivity contribution is -0.123. The Bertz CT molecular complexity index is 750. The number of ether oxygens (including phenoxy) is 2. The number of hydrogen-bond donors (Lipinski definition) is 1. The molecule has 0 heterocycles. The van der Waals surface area contributed by atoms with Crippen molar-refractivity contribution in [2.75, 3.05) is 5.32 Å². The predicted octanol–water partition coefficient (Wildman–Crippen LogP) is 3.61. The molecule has 8 heteroatoms. The fraction of sp³-hybridized carbons (Fsp3) is 0.176. The van der Waals surface area contributed by atoms with Crippen molar-refractivity contribution in [2.45, 2.75) is 19.6 Å². The lowest BCUT2D eigenvalue weighted by Crippen LogP contribution is -2.30. The van der Waals surface area contributed by atoms with E-state index in [-0.39, 0.29) is 17.0 Å². The largest absolute Gasteiger partial charge is 0.449 e. The third-order valence-electron chi connectivity index (χ3n) is 3.06. The van der Waals surface area contributed by atoms with Crippen molar-refractivity contribution in [3.8, 4) is 5.75 Å². The molecule has 1 atom stereocenters. The second-order valence-electron chi connectivity index (χ2n) is 4.95. The fourth-order valence-corrected chi connectivity index (χ4v) is 1.86. The number of carbonyl (C=O) groups is 2. The van der Waals surface area contributed by atoms with Crippen molar-refractivity contribution in [1.82, 2.24) is 0 Å². The summed E-state index contributed by atoms with van der Waals surface area (Å²) in [6.07, 6.45) is -1.15. The first-order chi connectivity index (χ1) is 11.8. The first kappa shape index (κ1) is 18.3. The van der Waals surface area contributed by atoms with Gasteiger partial charge in [-0.15, -0.1) is 0 Å². The Morgan fingerprint density at radius 2 is 1.76 bits per heavy atom. The van der Waals surface area contributed by atoms with E-state index >= 15 is 0 Å². The minimum absolute atomic E-state index is 0.0621. The zero-order valence-electron chi connectivity index (χ0n) is 13.0. The molecule has 2 rings (SSSR count). The van der Waals surface area contributed by atoms with E-state index in [2.05, 4.69) is 10.1 Å². The van der Waals surface area contributed by atoms with Gasteiger partial charge < -0.3 is 14.8 Å². The lowest BCUT2D eigenvalue weighted by Gasteiger charge is -2.14. The molecule has 0 spiro atoms. The number of anilines is 1. The summed E-state index contributed by atoms with van der Waals surface area (Å²) in [6.45, 7) is -1.62. The van der Waals surface area contributed by atoms with Gasteiger partial charge in [-0.05, 0) is 49.4 Å². The van der Waals surface area contributed by atoms with E-state index in [9.17, 15) is 22.8 Å². The quantitative estimate of drug-likeness (QED) is 0.806. The minimum atomic E-state index is -2.97. The number of halogens is 3. The van der Waals surface area contributed by atoms with E-state index in [1.807, 2.05) is 0 Å². The molecule has 0 aliphatic rings. The zero-order chi connectivity index (χ0) is 18.4. The Labute approximate surface area is 141 Å². The number of benzene rings is 2. The Hall–Kier alpha value is -3.03. The molecule has 2 aromatic carbocycles. The van der Waals surface area contributed by atoms with Gasteiger partial charge in [0, 0.05) is 5.69 Å². The van der Waals surface area contributed by atoms with Crippen molar-refractivity contribution in [3.05, 3.63) is 59.9 Å². The van der Waals surface area contributed by atoms with E-state index in [1.54, 1.807) is 0 Å². The van der Waals surface area contributed by atoms with Crippen LogP contribution in [-0.2, 0) is 9.53 Å². The van der Waals surface area contributed by atoms with Crippen LogP contribution in [0.3, 0.4) is 0 Å². The number of carbonyl (C=O) groups excluding carboxylic acids is 2. The molecule has 0 unspecified atom stereocenters. The minimum Gasteiger partial charge on any atom is -0.449 e. The summed E-state index contributed by atoms with van der Waals surface area (Å²) in [5, 5.41) is 2.41. The number of rotatable bonds is 6. The molecule has 1 N–H and O–H groups in total. The predicted molar refractivity (Wildman–Crippen MR) is 83.0 cm³/mol. The average Bonchev–Trinajstić information content (AvgIpc) is 2.54. The average molecular weight is 353 g/mol. The van der Waals surface area contributed by atoms with Crippen LogP contribution in [0.4, 0.5) is 18.9 Å². The molecule has 5 nitrogen and oxygen atoms in total. The van der Waals surface area contributed by atoms with Crippen LogP contribution in [0.2, 0.25) is 0 Å². The second-order valence-corrected chi connectivity index (χ2v) is 4.95. The number of alkyl halides is 2. The van der Waals surface area contributed by atoms with Crippen LogP contribution >= 0.6 is 0 Å². The van der Waals surface area contributed by atoms with Gasteiger partial charge in [0.2, 0.25) is 0 Å². The zero-order valence-corrected chi connectivity index (χ0v) is 13.0. The third kappa shape index (κ3) is 5.52. The van der Waals surface area contributed by atoms with Crippen molar-refractivity contribution in [1.29, 1.82) is 0 Å². The highest BCUT2D eigenvalue weighted by Crippen LogP contribution is 2.16. The van der Waals surface area contributed by atoms with Crippen LogP contribution < -0.4 is 10.1 Å². The normalized spacial score (nSPS) is 11.7. The Morgan fingerprint density at radius 1 is 1.08 bits per heavy atom. The van der Waals surface area contributed by atoms with Gasteiger partial charge in [0.1, 0.15) is 11.6 Å². The Balaban J connectivity index is 1.93. The maximum Gasteiger partial charge on any atom is 0.387 e. The van der Waals surface area contributed by atoms with Crippen LogP contribution in [0.5, 0.6) is 5.75 Å². The summed E-state index contributed by atoms with van der Waals surface area (Å²) in [7, 11) is 0. The van der Waals surface area contributed by atoms with Crippen LogP contribution in [0.25, 0.3) is 0 Å².